The highest BCUT2D eigenvalue weighted by Gasteiger charge is 2.64. The monoisotopic (exact) mass is 610 g/mol. The van der Waals surface area contributed by atoms with Crippen molar-refractivity contribution in [1.82, 2.24) is 9.97 Å². The molecule has 0 radical (unpaired) electrons. The van der Waals surface area contributed by atoms with Gasteiger partial charge in [0.05, 0.1) is 21.9 Å². The molecule has 0 spiro atoms. The SMILES string of the molecule is C[P@](c1nc2ccccc2nc1P(C12CC3CC(CC(C3)C1)C2)C12CC3CC(CC(C3)C1)C2)C12CC3CC(CC(C3)C1)C2. The van der Waals surface area contributed by atoms with Gasteiger partial charge < -0.3 is 0 Å². The normalized spacial score (nSPS) is 51.4. The van der Waals surface area contributed by atoms with Crippen LogP contribution in [0.15, 0.2) is 24.3 Å². The minimum atomic E-state index is -0.329. The zero-order valence-corrected chi connectivity index (χ0v) is 28.3. The van der Waals surface area contributed by atoms with Gasteiger partial charge in [0.15, 0.2) is 0 Å². The molecule has 4 heteroatoms. The molecule has 0 saturated heterocycles. The quantitative estimate of drug-likeness (QED) is 0.315. The second kappa shape index (κ2) is 9.06. The molecule has 228 valence electrons. The van der Waals surface area contributed by atoms with E-state index in [-0.39, 0.29) is 15.8 Å². The summed E-state index contributed by atoms with van der Waals surface area (Å²) in [6.45, 7) is 2.75. The number of para-hydroxylation sites is 2. The molecule has 0 aliphatic heterocycles. The van der Waals surface area contributed by atoms with Gasteiger partial charge in [-0.3, -0.25) is 0 Å². The van der Waals surface area contributed by atoms with Gasteiger partial charge in [-0.15, -0.1) is 0 Å². The van der Waals surface area contributed by atoms with Gasteiger partial charge in [0.25, 0.3) is 0 Å². The molecule has 0 amide bonds. The van der Waals surface area contributed by atoms with Crippen LogP contribution >= 0.6 is 15.8 Å². The van der Waals surface area contributed by atoms with Crippen molar-refractivity contribution >= 4 is 37.7 Å². The standard InChI is InChI=1S/C39H52N2P2/c1-42(37-15-24-6-25(16-37)8-26(7-24)17-37)35-36(41-34-5-3-2-4-33(34)40-35)43(38-18-27-9-28(19-38)11-29(10-27)20-38)39-21-30-12-31(22-39)14-32(13-30)23-39/h2-5,24-32H,6-23H2,1H3/t24?,25?,26?,27?,28?,29?,30?,31?,32?,37?,38?,39?,42-,43?/m1/s1. The van der Waals surface area contributed by atoms with Crippen molar-refractivity contribution < 1.29 is 0 Å². The summed E-state index contributed by atoms with van der Waals surface area (Å²) in [7, 11) is -0.645. The average Bonchev–Trinajstić information content (AvgIpc) is 2.94. The van der Waals surface area contributed by atoms with Crippen molar-refractivity contribution in [1.29, 1.82) is 0 Å². The first-order valence-electron chi connectivity index (χ1n) is 18.7. The lowest BCUT2D eigenvalue weighted by atomic mass is 9.55. The summed E-state index contributed by atoms with van der Waals surface area (Å²) in [5, 5.41) is 1.69. The highest BCUT2D eigenvalue weighted by Crippen LogP contribution is 2.78. The van der Waals surface area contributed by atoms with E-state index in [1.807, 2.05) is 0 Å². The van der Waals surface area contributed by atoms with Crippen LogP contribution in [0.4, 0.5) is 0 Å². The van der Waals surface area contributed by atoms with Crippen LogP contribution in [0.2, 0.25) is 0 Å². The second-order valence-corrected chi connectivity index (χ2v) is 24.2. The summed E-state index contributed by atoms with van der Waals surface area (Å²) in [6, 6.07) is 9.09. The third kappa shape index (κ3) is 3.84. The van der Waals surface area contributed by atoms with Crippen molar-refractivity contribution in [3.63, 3.8) is 0 Å². The maximum atomic E-state index is 6.02. The number of nitrogens with zero attached hydrogens (tertiary/aromatic N) is 2. The predicted molar refractivity (Wildman–Crippen MR) is 181 cm³/mol. The molecule has 12 aliphatic carbocycles. The van der Waals surface area contributed by atoms with Crippen LogP contribution in [0.25, 0.3) is 11.0 Å². The van der Waals surface area contributed by atoms with Gasteiger partial charge >= 0.3 is 0 Å². The fourth-order valence-electron chi connectivity index (χ4n) is 15.7. The van der Waals surface area contributed by atoms with E-state index in [0.717, 1.165) is 53.3 Å². The molecule has 12 fully saturated rings. The third-order valence-corrected chi connectivity index (χ3v) is 22.6. The van der Waals surface area contributed by atoms with E-state index < -0.39 is 0 Å². The molecule has 12 saturated carbocycles. The Balaban J connectivity index is 1.13. The van der Waals surface area contributed by atoms with Crippen molar-refractivity contribution in [2.45, 2.75) is 131 Å². The Labute approximate surface area is 262 Å². The van der Waals surface area contributed by atoms with E-state index in [2.05, 4.69) is 30.9 Å². The summed E-state index contributed by atoms with van der Waals surface area (Å²) in [5.41, 5.74) is 5.69. The maximum absolute atomic E-state index is 6.02. The highest BCUT2D eigenvalue weighted by atomic mass is 31.1. The molecular weight excluding hydrogens is 558 g/mol. The summed E-state index contributed by atoms with van der Waals surface area (Å²) < 4.78 is 0. The molecule has 2 nitrogen and oxygen atoms in total. The van der Waals surface area contributed by atoms with Gasteiger partial charge in [-0.05, 0) is 219 Å². The third-order valence-electron chi connectivity index (χ3n) is 15.7. The molecule has 2 aromatic rings. The summed E-state index contributed by atoms with van der Waals surface area (Å²) in [4.78, 5) is 11.9. The maximum Gasteiger partial charge on any atom is 0.0908 e. The molecular formula is C39H52N2P2. The summed E-state index contributed by atoms with van der Waals surface area (Å²) in [5.74, 6) is 9.17. The average molecular weight is 611 g/mol. The topological polar surface area (TPSA) is 25.8 Å². The van der Waals surface area contributed by atoms with Crippen LogP contribution in [0, 0.1) is 53.3 Å². The molecule has 12 aliphatic rings. The Morgan fingerprint density at radius 2 is 0.767 bits per heavy atom. The summed E-state index contributed by atoms with van der Waals surface area (Å²) in [6.07, 6.45) is 27.9. The highest BCUT2D eigenvalue weighted by molar-refractivity contribution is 7.73. The molecule has 0 N–H and O–H groups in total. The molecule has 1 atom stereocenters. The van der Waals surface area contributed by atoms with E-state index in [1.165, 1.54) is 30.3 Å². The number of hydrogen-bond acceptors (Lipinski definition) is 2. The Hall–Kier alpha value is -0.580. The fourth-order valence-corrected chi connectivity index (χ4v) is 24.1. The lowest BCUT2D eigenvalue weighted by molar-refractivity contribution is 0.0195. The number of fused-ring (bicyclic) bond motifs is 1. The number of aromatic nitrogens is 2. The Kier molecular flexibility index (Phi) is 5.58. The first-order valence-corrected chi connectivity index (χ1v) is 21.9. The second-order valence-electron chi connectivity index (χ2n) is 18.7. The van der Waals surface area contributed by atoms with Gasteiger partial charge in [-0.2, -0.15) is 0 Å². The summed E-state index contributed by atoms with van der Waals surface area (Å²) >= 11 is 0. The number of rotatable bonds is 5. The lowest BCUT2D eigenvalue weighted by Gasteiger charge is -2.67. The smallest absolute Gasteiger partial charge is 0.0908 e. The van der Waals surface area contributed by atoms with Crippen molar-refractivity contribution in [3.05, 3.63) is 24.3 Å². The Morgan fingerprint density at radius 1 is 0.465 bits per heavy atom. The van der Waals surface area contributed by atoms with Gasteiger partial charge in [-0.1, -0.05) is 12.1 Å². The van der Waals surface area contributed by atoms with Crippen LogP contribution < -0.4 is 10.9 Å². The van der Waals surface area contributed by atoms with Crippen molar-refractivity contribution in [2.24, 2.45) is 53.3 Å². The van der Waals surface area contributed by atoms with Gasteiger partial charge in [0.1, 0.15) is 0 Å². The largest absolute Gasteiger partial charge is 0.244 e. The predicted octanol–water partition coefficient (Wildman–Crippen LogP) is 9.38. The molecule has 1 heterocycles. The van der Waals surface area contributed by atoms with Crippen LogP contribution in [0.1, 0.15) is 116 Å². The zero-order chi connectivity index (χ0) is 28.1. The van der Waals surface area contributed by atoms with Crippen LogP contribution in [-0.4, -0.2) is 32.1 Å². The molecule has 43 heavy (non-hydrogen) atoms. The van der Waals surface area contributed by atoms with Crippen LogP contribution in [0.5, 0.6) is 0 Å². The van der Waals surface area contributed by atoms with Crippen molar-refractivity contribution in [2.75, 3.05) is 6.66 Å². The van der Waals surface area contributed by atoms with E-state index in [9.17, 15) is 0 Å². The zero-order valence-electron chi connectivity index (χ0n) is 26.5. The van der Waals surface area contributed by atoms with Crippen molar-refractivity contribution in [3.8, 4) is 0 Å². The first kappa shape index (κ1) is 26.5. The van der Waals surface area contributed by atoms with Crippen LogP contribution in [0.3, 0.4) is 0 Å². The van der Waals surface area contributed by atoms with E-state index in [1.54, 1.807) is 107 Å². The van der Waals surface area contributed by atoms with E-state index in [4.69, 9.17) is 9.97 Å². The first-order chi connectivity index (χ1) is 20.9. The molecule has 1 aromatic carbocycles. The fraction of sp³-hybridized carbons (Fsp3) is 0.795. The Bertz CT molecular complexity index is 1330. The van der Waals surface area contributed by atoms with Gasteiger partial charge in [-0.25, -0.2) is 9.97 Å². The van der Waals surface area contributed by atoms with Gasteiger partial charge in [0, 0.05) is 0 Å². The minimum absolute atomic E-state index is 0.316. The van der Waals surface area contributed by atoms with E-state index >= 15 is 0 Å². The minimum Gasteiger partial charge on any atom is -0.244 e. The van der Waals surface area contributed by atoms with Gasteiger partial charge in [0.2, 0.25) is 0 Å². The molecule has 14 rings (SSSR count). The molecule has 1 aromatic heterocycles. The number of benzene rings is 1. The Morgan fingerprint density at radius 3 is 1.12 bits per heavy atom. The van der Waals surface area contributed by atoms with Crippen LogP contribution in [-0.2, 0) is 0 Å². The number of hydrogen-bond donors (Lipinski definition) is 0. The molecule has 0 unspecified atom stereocenters. The lowest BCUT2D eigenvalue weighted by Crippen LogP contribution is -2.60. The van der Waals surface area contributed by atoms with E-state index in [0.29, 0.717) is 15.5 Å². The molecule has 12 bridgehead atoms.